The lowest BCUT2D eigenvalue weighted by Crippen LogP contribution is -2.19. The van der Waals surface area contributed by atoms with Crippen molar-refractivity contribution < 1.29 is 14.3 Å². The van der Waals surface area contributed by atoms with Gasteiger partial charge in [0.2, 0.25) is 5.76 Å². The van der Waals surface area contributed by atoms with Crippen molar-refractivity contribution in [1.82, 2.24) is 5.32 Å². The molecular weight excluding hydrogens is 256 g/mol. The topological polar surface area (TPSA) is 86.3 Å². The van der Waals surface area contributed by atoms with Gasteiger partial charge in [0.05, 0.1) is 17.9 Å². The molecule has 0 saturated carbocycles. The highest BCUT2D eigenvalue weighted by atomic mass is 16.4. The number of furan rings is 1. The Morgan fingerprint density at radius 3 is 2.70 bits per heavy atom. The monoisotopic (exact) mass is 270 g/mol. The van der Waals surface area contributed by atoms with E-state index < -0.39 is 5.97 Å². The number of benzene rings is 1. The van der Waals surface area contributed by atoms with Gasteiger partial charge in [-0.05, 0) is 30.7 Å². The molecule has 0 saturated heterocycles. The predicted octanol–water partition coefficient (Wildman–Crippen LogP) is 2.70. The molecule has 102 valence electrons. The zero-order valence-electron chi connectivity index (χ0n) is 11.0. The Kier molecular flexibility index (Phi) is 4.18. The molecule has 0 fully saturated rings. The average Bonchev–Trinajstić information content (AvgIpc) is 2.93. The minimum Gasteiger partial charge on any atom is -0.475 e. The molecule has 1 aromatic carbocycles. The fourth-order valence-electron chi connectivity index (χ4n) is 1.89. The Morgan fingerprint density at radius 2 is 2.10 bits per heavy atom. The lowest BCUT2D eigenvalue weighted by Gasteiger charge is -2.13. The maximum absolute atomic E-state index is 10.9. The van der Waals surface area contributed by atoms with E-state index in [1.165, 1.54) is 6.26 Å². The molecule has 1 heterocycles. The molecule has 0 bridgehead atoms. The molecule has 0 spiro atoms. The highest BCUT2D eigenvalue weighted by Gasteiger charge is 2.14. The van der Waals surface area contributed by atoms with Gasteiger partial charge in [-0.2, -0.15) is 5.26 Å². The van der Waals surface area contributed by atoms with E-state index in [2.05, 4.69) is 11.4 Å². The summed E-state index contributed by atoms with van der Waals surface area (Å²) in [6.45, 7) is 2.38. The second kappa shape index (κ2) is 6.04. The molecule has 0 aliphatic rings. The van der Waals surface area contributed by atoms with Crippen molar-refractivity contribution in [1.29, 1.82) is 5.26 Å². The maximum atomic E-state index is 10.9. The first kappa shape index (κ1) is 13.8. The van der Waals surface area contributed by atoms with E-state index in [0.717, 1.165) is 5.56 Å². The Labute approximate surface area is 116 Å². The molecule has 2 N–H and O–H groups in total. The number of carbonyl (C=O) groups is 1. The van der Waals surface area contributed by atoms with E-state index in [0.29, 0.717) is 17.7 Å². The van der Waals surface area contributed by atoms with Gasteiger partial charge in [0.15, 0.2) is 0 Å². The van der Waals surface area contributed by atoms with Crippen LogP contribution in [0, 0.1) is 11.3 Å². The molecule has 5 nitrogen and oxygen atoms in total. The first-order valence-corrected chi connectivity index (χ1v) is 6.15. The van der Waals surface area contributed by atoms with Crippen LogP contribution < -0.4 is 5.32 Å². The predicted molar refractivity (Wildman–Crippen MR) is 72.1 cm³/mol. The number of hydrogen-bond acceptors (Lipinski definition) is 4. The Bertz CT molecular complexity index is 638. The SMILES string of the molecule is CC(NCc1ccoc1C(=O)O)c1ccc(C#N)cc1. The van der Waals surface area contributed by atoms with E-state index in [9.17, 15) is 4.79 Å². The van der Waals surface area contributed by atoms with Crippen LogP contribution >= 0.6 is 0 Å². The van der Waals surface area contributed by atoms with E-state index in [4.69, 9.17) is 14.8 Å². The number of rotatable bonds is 5. The lowest BCUT2D eigenvalue weighted by atomic mass is 10.1. The smallest absolute Gasteiger partial charge is 0.372 e. The summed E-state index contributed by atoms with van der Waals surface area (Å²) in [5.74, 6) is -1.11. The van der Waals surface area contributed by atoms with Crippen LogP contribution in [-0.2, 0) is 6.54 Å². The second-order valence-corrected chi connectivity index (χ2v) is 4.42. The average molecular weight is 270 g/mol. The molecular formula is C15H14N2O3. The van der Waals surface area contributed by atoms with Crippen molar-refractivity contribution in [2.45, 2.75) is 19.5 Å². The molecule has 1 unspecified atom stereocenters. The third-order valence-electron chi connectivity index (χ3n) is 3.08. The van der Waals surface area contributed by atoms with Crippen LogP contribution in [0.4, 0.5) is 0 Å². The van der Waals surface area contributed by atoms with Crippen molar-refractivity contribution >= 4 is 5.97 Å². The van der Waals surface area contributed by atoms with Gasteiger partial charge in [-0.3, -0.25) is 0 Å². The molecule has 2 aromatic rings. The molecule has 5 heteroatoms. The first-order valence-electron chi connectivity index (χ1n) is 6.15. The van der Waals surface area contributed by atoms with Gasteiger partial charge in [0.1, 0.15) is 0 Å². The van der Waals surface area contributed by atoms with Crippen LogP contribution in [0.2, 0.25) is 0 Å². The normalized spacial score (nSPS) is 11.8. The molecule has 1 aromatic heterocycles. The summed E-state index contributed by atoms with van der Waals surface area (Å²) in [5, 5.41) is 20.9. The highest BCUT2D eigenvalue weighted by molar-refractivity contribution is 5.86. The van der Waals surface area contributed by atoms with Crippen molar-refractivity contribution in [3.63, 3.8) is 0 Å². The summed E-state index contributed by atoms with van der Waals surface area (Å²) in [4.78, 5) is 10.9. The van der Waals surface area contributed by atoms with Crippen LogP contribution in [0.25, 0.3) is 0 Å². The summed E-state index contributed by atoms with van der Waals surface area (Å²) in [5.41, 5.74) is 2.26. The van der Waals surface area contributed by atoms with Crippen LogP contribution in [0.15, 0.2) is 41.0 Å². The van der Waals surface area contributed by atoms with Crippen molar-refractivity contribution in [3.05, 3.63) is 59.0 Å². The van der Waals surface area contributed by atoms with E-state index >= 15 is 0 Å². The summed E-state index contributed by atoms with van der Waals surface area (Å²) in [7, 11) is 0. The van der Waals surface area contributed by atoms with Gasteiger partial charge >= 0.3 is 5.97 Å². The number of nitrogens with one attached hydrogen (secondary N) is 1. The molecule has 0 aliphatic heterocycles. The van der Waals surface area contributed by atoms with Crippen molar-refractivity contribution in [3.8, 4) is 6.07 Å². The number of carboxylic acids is 1. The Morgan fingerprint density at radius 1 is 1.40 bits per heavy atom. The molecule has 0 radical (unpaired) electrons. The van der Waals surface area contributed by atoms with Crippen LogP contribution in [0.3, 0.4) is 0 Å². The maximum Gasteiger partial charge on any atom is 0.372 e. The summed E-state index contributed by atoms with van der Waals surface area (Å²) >= 11 is 0. The van der Waals surface area contributed by atoms with Gasteiger partial charge in [0, 0.05) is 18.2 Å². The zero-order chi connectivity index (χ0) is 14.5. The number of hydrogen-bond donors (Lipinski definition) is 2. The van der Waals surface area contributed by atoms with Crippen LogP contribution in [-0.4, -0.2) is 11.1 Å². The molecule has 0 amide bonds. The first-order chi connectivity index (χ1) is 9.61. The Hall–Kier alpha value is -2.58. The second-order valence-electron chi connectivity index (χ2n) is 4.42. The number of nitrogens with zero attached hydrogens (tertiary/aromatic N) is 1. The van der Waals surface area contributed by atoms with Gasteiger partial charge < -0.3 is 14.8 Å². The minimum absolute atomic E-state index is 0.0375. The summed E-state index contributed by atoms with van der Waals surface area (Å²) < 4.78 is 4.92. The summed E-state index contributed by atoms with van der Waals surface area (Å²) in [6.07, 6.45) is 1.37. The third kappa shape index (κ3) is 3.05. The van der Waals surface area contributed by atoms with Gasteiger partial charge in [-0.15, -0.1) is 0 Å². The molecule has 2 rings (SSSR count). The molecule has 1 atom stereocenters. The Balaban J connectivity index is 2.01. The fraction of sp³-hybridized carbons (Fsp3) is 0.200. The van der Waals surface area contributed by atoms with E-state index in [1.54, 1.807) is 18.2 Å². The van der Waals surface area contributed by atoms with Crippen molar-refractivity contribution in [2.24, 2.45) is 0 Å². The van der Waals surface area contributed by atoms with E-state index in [1.807, 2.05) is 19.1 Å². The highest BCUT2D eigenvalue weighted by Crippen LogP contribution is 2.16. The van der Waals surface area contributed by atoms with Crippen molar-refractivity contribution in [2.75, 3.05) is 0 Å². The van der Waals surface area contributed by atoms with Gasteiger partial charge in [-0.25, -0.2) is 4.79 Å². The molecule has 0 aliphatic carbocycles. The lowest BCUT2D eigenvalue weighted by molar-refractivity contribution is 0.0660. The van der Waals surface area contributed by atoms with Crippen LogP contribution in [0.1, 0.15) is 40.2 Å². The van der Waals surface area contributed by atoms with Gasteiger partial charge in [0.25, 0.3) is 0 Å². The fourth-order valence-corrected chi connectivity index (χ4v) is 1.89. The minimum atomic E-state index is -1.07. The van der Waals surface area contributed by atoms with Gasteiger partial charge in [-0.1, -0.05) is 12.1 Å². The van der Waals surface area contributed by atoms with Crippen LogP contribution in [0.5, 0.6) is 0 Å². The zero-order valence-corrected chi connectivity index (χ0v) is 11.0. The summed E-state index contributed by atoms with van der Waals surface area (Å²) in [6, 6.07) is 11.0. The quantitative estimate of drug-likeness (QED) is 0.872. The number of aromatic carboxylic acids is 1. The standard InChI is InChI=1S/C15H14N2O3/c1-10(12-4-2-11(8-16)3-5-12)17-9-13-6-7-20-14(13)15(18)19/h2-7,10,17H,9H2,1H3,(H,18,19). The van der Waals surface area contributed by atoms with E-state index in [-0.39, 0.29) is 11.8 Å². The number of nitriles is 1. The third-order valence-corrected chi connectivity index (χ3v) is 3.08. The molecule has 20 heavy (non-hydrogen) atoms. The number of carboxylic acid groups (broad SMARTS) is 1. The largest absolute Gasteiger partial charge is 0.475 e.